The van der Waals surface area contributed by atoms with Crippen LogP contribution in [-0.2, 0) is 0 Å². The van der Waals surface area contributed by atoms with Gasteiger partial charge >= 0.3 is 0 Å². The number of hydrogen-bond acceptors (Lipinski definition) is 6. The van der Waals surface area contributed by atoms with Gasteiger partial charge in [0, 0.05) is 50.6 Å². The second kappa shape index (κ2) is 10.3. The Morgan fingerprint density at radius 3 is 1.29 bits per heavy atom. The Kier molecular flexibility index (Phi) is 10.0. The van der Waals surface area contributed by atoms with E-state index in [1.165, 1.54) is 8.84 Å². The summed E-state index contributed by atoms with van der Waals surface area (Å²) in [4.78, 5) is 21.0. The van der Waals surface area contributed by atoms with Crippen molar-refractivity contribution in [2.24, 2.45) is 0 Å². The molecule has 0 saturated carbocycles. The highest BCUT2D eigenvalue weighted by atomic mass is 35.5. The summed E-state index contributed by atoms with van der Waals surface area (Å²) in [5.41, 5.74) is -2.13. The van der Waals surface area contributed by atoms with Gasteiger partial charge in [0.05, 0.1) is 13.1 Å². The summed E-state index contributed by atoms with van der Waals surface area (Å²) in [5, 5.41) is 21.7. The summed E-state index contributed by atoms with van der Waals surface area (Å²) in [6.45, 7) is 7.72. The molecule has 0 amide bonds. The highest BCUT2D eigenvalue weighted by Gasteiger charge is 2.33. The molecular formula is C14H28Cl2N4O4. The monoisotopic (exact) mass is 386 g/mol. The average Bonchev–Trinajstić information content (AvgIpc) is 2.41. The minimum absolute atomic E-state index is 0.187. The lowest BCUT2D eigenvalue weighted by Gasteiger charge is -2.22. The third kappa shape index (κ3) is 9.56. The normalized spacial score (nSPS) is 12.8. The van der Waals surface area contributed by atoms with Crippen LogP contribution in [0.4, 0.5) is 0 Å². The van der Waals surface area contributed by atoms with E-state index < -0.39 is 11.1 Å². The van der Waals surface area contributed by atoms with Gasteiger partial charge in [-0.2, -0.15) is 0 Å². The summed E-state index contributed by atoms with van der Waals surface area (Å²) in [6.07, 6.45) is 3.51. The zero-order chi connectivity index (χ0) is 19.0. The minimum Gasteiger partial charge on any atom is -0.264 e. The smallest absolute Gasteiger partial charge is 0.230 e. The summed E-state index contributed by atoms with van der Waals surface area (Å²) in [6, 6.07) is 0. The van der Waals surface area contributed by atoms with Gasteiger partial charge in [0.15, 0.2) is 0 Å². The van der Waals surface area contributed by atoms with E-state index in [-0.39, 0.29) is 22.9 Å². The lowest BCUT2D eigenvalue weighted by Crippen LogP contribution is -2.41. The zero-order valence-corrected chi connectivity index (χ0v) is 16.3. The lowest BCUT2D eigenvalue weighted by atomic mass is 10.1. The first kappa shape index (κ1) is 23.3. The number of hydrogen-bond donors (Lipinski definition) is 0. The Hall–Kier alpha value is -0.700. The molecule has 0 aromatic carbocycles. The predicted octanol–water partition coefficient (Wildman–Crippen LogP) is 3.57. The molecule has 0 aliphatic carbocycles. The molecule has 0 radical (unpaired) electrons. The molecule has 0 aliphatic heterocycles. The van der Waals surface area contributed by atoms with Crippen molar-refractivity contribution in [1.29, 1.82) is 0 Å². The molecule has 0 saturated heterocycles. The Balaban J connectivity index is 3.81. The first-order valence-electron chi connectivity index (χ1n) is 7.99. The molecule has 0 atom stereocenters. The minimum atomic E-state index is -1.06. The Morgan fingerprint density at radius 1 is 0.750 bits per heavy atom. The van der Waals surface area contributed by atoms with Gasteiger partial charge < -0.3 is 0 Å². The van der Waals surface area contributed by atoms with Crippen molar-refractivity contribution in [2.45, 2.75) is 64.5 Å². The maximum Gasteiger partial charge on any atom is 0.230 e. The third-order valence-electron chi connectivity index (χ3n) is 3.66. The quantitative estimate of drug-likeness (QED) is 0.208. The molecule has 10 heteroatoms. The van der Waals surface area contributed by atoms with E-state index >= 15 is 0 Å². The molecule has 24 heavy (non-hydrogen) atoms. The largest absolute Gasteiger partial charge is 0.264 e. The van der Waals surface area contributed by atoms with Crippen LogP contribution in [0.25, 0.3) is 0 Å². The van der Waals surface area contributed by atoms with E-state index in [4.69, 9.17) is 23.6 Å². The molecule has 0 aliphatic rings. The molecular weight excluding hydrogens is 359 g/mol. The van der Waals surface area contributed by atoms with Crippen molar-refractivity contribution in [3.8, 4) is 0 Å². The van der Waals surface area contributed by atoms with Crippen LogP contribution in [0.5, 0.6) is 0 Å². The van der Waals surface area contributed by atoms with Crippen LogP contribution in [0.2, 0.25) is 0 Å². The number of nitrogens with zero attached hydrogens (tertiary/aromatic N) is 4. The van der Waals surface area contributed by atoms with Gasteiger partial charge in [-0.1, -0.05) is 12.8 Å². The van der Waals surface area contributed by atoms with E-state index in [0.29, 0.717) is 13.1 Å². The number of halogens is 2. The summed E-state index contributed by atoms with van der Waals surface area (Å²) in [7, 11) is 0. The van der Waals surface area contributed by atoms with Gasteiger partial charge in [-0.15, -0.1) is 0 Å². The van der Waals surface area contributed by atoms with Crippen molar-refractivity contribution in [3.63, 3.8) is 0 Å². The third-order valence-corrected chi connectivity index (χ3v) is 4.23. The summed E-state index contributed by atoms with van der Waals surface area (Å²) in [5.74, 6) is 0. The van der Waals surface area contributed by atoms with Crippen molar-refractivity contribution >= 4 is 23.6 Å². The second-order valence-corrected chi connectivity index (χ2v) is 8.20. The van der Waals surface area contributed by atoms with Gasteiger partial charge in [0.2, 0.25) is 11.1 Å². The van der Waals surface area contributed by atoms with E-state index in [1.807, 2.05) is 0 Å². The molecule has 0 fully saturated rings. The van der Waals surface area contributed by atoms with Gasteiger partial charge in [-0.3, -0.25) is 20.2 Å². The number of rotatable bonds is 13. The molecule has 0 aromatic heterocycles. The number of unbranched alkanes of at least 4 members (excludes halogenated alkanes) is 3. The molecule has 0 heterocycles. The van der Waals surface area contributed by atoms with Crippen LogP contribution in [0.1, 0.15) is 53.4 Å². The highest BCUT2D eigenvalue weighted by Crippen LogP contribution is 2.15. The average molecular weight is 387 g/mol. The summed E-state index contributed by atoms with van der Waals surface area (Å²) >= 11 is 12.0. The fraction of sp³-hybridized carbons (Fsp3) is 1.00. The molecule has 0 aromatic rings. The zero-order valence-electron chi connectivity index (χ0n) is 14.8. The molecule has 0 bridgehead atoms. The standard InChI is InChI=1S/C14H28Cl2N4O4/c1-13(2,19(21)22)11-17(15)9-7-5-6-8-10-18(16)12-14(3,4)20(23)24/h5-12H2,1-4H3. The lowest BCUT2D eigenvalue weighted by molar-refractivity contribution is -0.560. The van der Waals surface area contributed by atoms with Crippen molar-refractivity contribution < 1.29 is 9.85 Å². The van der Waals surface area contributed by atoms with E-state index in [2.05, 4.69) is 0 Å². The Bertz CT molecular complexity index is 384. The highest BCUT2D eigenvalue weighted by molar-refractivity contribution is 6.13. The Morgan fingerprint density at radius 2 is 1.04 bits per heavy atom. The van der Waals surface area contributed by atoms with Gasteiger partial charge in [0.1, 0.15) is 0 Å². The molecule has 142 valence electrons. The Labute approximate surface area is 153 Å². The maximum absolute atomic E-state index is 10.8. The van der Waals surface area contributed by atoms with Gasteiger partial charge in [-0.25, -0.2) is 8.84 Å². The van der Waals surface area contributed by atoms with E-state index in [0.717, 1.165) is 25.7 Å². The van der Waals surface area contributed by atoms with E-state index in [1.54, 1.807) is 27.7 Å². The van der Waals surface area contributed by atoms with Crippen LogP contribution >= 0.6 is 23.6 Å². The SMILES string of the molecule is CC(C)(CN(Cl)CCCCCCN(Cl)CC(C)(C)[N+](=O)[O-])[N+](=O)[O-]. The maximum atomic E-state index is 10.8. The van der Waals surface area contributed by atoms with Crippen LogP contribution in [0, 0.1) is 20.2 Å². The number of nitro groups is 2. The molecule has 0 unspecified atom stereocenters. The fourth-order valence-corrected chi connectivity index (χ4v) is 2.86. The van der Waals surface area contributed by atoms with Gasteiger partial charge in [-0.05, 0) is 36.4 Å². The molecule has 0 spiro atoms. The van der Waals surface area contributed by atoms with Crippen LogP contribution in [0.3, 0.4) is 0 Å². The second-order valence-electron chi connectivity index (χ2n) is 7.24. The fourth-order valence-electron chi connectivity index (χ4n) is 2.03. The topological polar surface area (TPSA) is 92.8 Å². The van der Waals surface area contributed by atoms with Crippen LogP contribution < -0.4 is 0 Å². The first-order chi connectivity index (χ1) is 10.9. The van der Waals surface area contributed by atoms with Crippen molar-refractivity contribution in [3.05, 3.63) is 20.2 Å². The summed E-state index contributed by atoms with van der Waals surface area (Å²) < 4.78 is 2.91. The van der Waals surface area contributed by atoms with Crippen molar-refractivity contribution in [2.75, 3.05) is 26.2 Å². The molecule has 8 nitrogen and oxygen atoms in total. The van der Waals surface area contributed by atoms with E-state index in [9.17, 15) is 20.2 Å². The van der Waals surface area contributed by atoms with Gasteiger partial charge in [0.25, 0.3) is 0 Å². The molecule has 0 rings (SSSR count). The van der Waals surface area contributed by atoms with Crippen molar-refractivity contribution in [1.82, 2.24) is 8.84 Å². The first-order valence-corrected chi connectivity index (χ1v) is 8.66. The predicted molar refractivity (Wildman–Crippen MR) is 95.5 cm³/mol. The molecule has 0 N–H and O–H groups in total. The van der Waals surface area contributed by atoms with Crippen LogP contribution in [0.15, 0.2) is 0 Å². The van der Waals surface area contributed by atoms with Crippen LogP contribution in [-0.4, -0.2) is 55.9 Å².